The molecular weight excluding hydrogens is 200 g/mol. The van der Waals surface area contributed by atoms with Gasteiger partial charge in [0.25, 0.3) is 5.91 Å². The molecule has 0 N–H and O–H groups in total. The van der Waals surface area contributed by atoms with Gasteiger partial charge < -0.3 is 9.64 Å². The van der Waals surface area contributed by atoms with E-state index < -0.39 is 0 Å². The van der Waals surface area contributed by atoms with Gasteiger partial charge in [-0.15, -0.1) is 11.3 Å². The van der Waals surface area contributed by atoms with Crippen LogP contribution in [0.3, 0.4) is 0 Å². The third kappa shape index (κ3) is 1.78. The van der Waals surface area contributed by atoms with Gasteiger partial charge >= 0.3 is 0 Å². The van der Waals surface area contributed by atoms with Crippen molar-refractivity contribution in [1.29, 1.82) is 0 Å². The minimum Gasteiger partial charge on any atom is -0.377 e. The molecule has 0 saturated carbocycles. The summed E-state index contributed by atoms with van der Waals surface area (Å²) in [6.07, 6.45) is 0. The molecule has 1 atom stereocenters. The quantitative estimate of drug-likeness (QED) is 0.697. The Hall–Kier alpha value is -0.940. The van der Waals surface area contributed by atoms with E-state index in [0.717, 1.165) is 0 Å². The maximum Gasteiger partial charge on any atom is 0.273 e. The van der Waals surface area contributed by atoms with Crippen molar-refractivity contribution in [3.63, 3.8) is 0 Å². The lowest BCUT2D eigenvalue weighted by Gasteiger charge is -2.32. The van der Waals surface area contributed by atoms with Crippen LogP contribution in [-0.2, 0) is 4.74 Å². The molecule has 1 amide bonds. The van der Waals surface area contributed by atoms with Crippen molar-refractivity contribution >= 4 is 17.2 Å². The number of morpholine rings is 1. The molecule has 4 nitrogen and oxygen atoms in total. The van der Waals surface area contributed by atoms with E-state index in [9.17, 15) is 4.79 Å². The molecule has 1 aromatic rings. The van der Waals surface area contributed by atoms with Crippen molar-refractivity contribution < 1.29 is 9.53 Å². The first kappa shape index (κ1) is 9.61. The van der Waals surface area contributed by atoms with Crippen LogP contribution in [0.4, 0.5) is 0 Å². The summed E-state index contributed by atoms with van der Waals surface area (Å²) < 4.78 is 5.27. The maximum atomic E-state index is 11.9. The molecule has 1 aromatic heterocycles. The number of rotatable bonds is 1. The molecule has 0 bridgehead atoms. The molecule has 0 spiro atoms. The zero-order valence-corrected chi connectivity index (χ0v) is 8.79. The first-order valence-corrected chi connectivity index (χ1v) is 5.50. The normalized spacial score (nSPS) is 22.4. The summed E-state index contributed by atoms with van der Waals surface area (Å²) in [5.41, 5.74) is 2.22. The van der Waals surface area contributed by atoms with E-state index in [-0.39, 0.29) is 11.9 Å². The van der Waals surface area contributed by atoms with Crippen molar-refractivity contribution in [2.75, 3.05) is 19.8 Å². The largest absolute Gasteiger partial charge is 0.377 e. The molecule has 0 radical (unpaired) electrons. The highest BCUT2D eigenvalue weighted by Crippen LogP contribution is 2.12. The van der Waals surface area contributed by atoms with Crippen LogP contribution in [0.2, 0.25) is 0 Å². The first-order valence-electron chi connectivity index (χ1n) is 4.56. The second-order valence-corrected chi connectivity index (χ2v) is 4.01. The number of thiazole rings is 1. The van der Waals surface area contributed by atoms with Gasteiger partial charge in [-0.25, -0.2) is 4.98 Å². The van der Waals surface area contributed by atoms with Crippen LogP contribution in [0.1, 0.15) is 17.4 Å². The Balaban J connectivity index is 2.10. The molecule has 5 heteroatoms. The van der Waals surface area contributed by atoms with E-state index in [1.807, 2.05) is 11.8 Å². The first-order chi connectivity index (χ1) is 6.79. The highest BCUT2D eigenvalue weighted by molar-refractivity contribution is 7.07. The number of ether oxygens (including phenoxy) is 1. The zero-order chi connectivity index (χ0) is 9.97. The van der Waals surface area contributed by atoms with Gasteiger partial charge in [0, 0.05) is 11.9 Å². The third-order valence-corrected chi connectivity index (χ3v) is 2.87. The molecule has 1 aliphatic rings. The number of carbonyl (C=O) groups excluding carboxylic acids is 1. The topological polar surface area (TPSA) is 42.4 Å². The fourth-order valence-electron chi connectivity index (χ4n) is 1.49. The number of hydrogen-bond acceptors (Lipinski definition) is 4. The molecule has 14 heavy (non-hydrogen) atoms. The number of nitrogens with zero attached hydrogens (tertiary/aromatic N) is 2. The van der Waals surface area contributed by atoms with Crippen LogP contribution in [0, 0.1) is 0 Å². The summed E-state index contributed by atoms with van der Waals surface area (Å²) in [6, 6.07) is 0.151. The average molecular weight is 212 g/mol. The summed E-state index contributed by atoms with van der Waals surface area (Å²) in [6.45, 7) is 3.90. The summed E-state index contributed by atoms with van der Waals surface area (Å²) >= 11 is 1.44. The fraction of sp³-hybridized carbons (Fsp3) is 0.556. The van der Waals surface area contributed by atoms with Gasteiger partial charge in [-0.3, -0.25) is 4.79 Å². The van der Waals surface area contributed by atoms with E-state index in [2.05, 4.69) is 4.98 Å². The molecule has 1 saturated heterocycles. The molecule has 1 aliphatic heterocycles. The minimum absolute atomic E-state index is 0.0158. The number of amides is 1. The van der Waals surface area contributed by atoms with E-state index in [4.69, 9.17) is 4.74 Å². The fourth-order valence-corrected chi connectivity index (χ4v) is 2.02. The Labute approximate surface area is 86.5 Å². The van der Waals surface area contributed by atoms with Crippen LogP contribution in [-0.4, -0.2) is 41.6 Å². The van der Waals surface area contributed by atoms with Crippen molar-refractivity contribution in [3.05, 3.63) is 16.6 Å². The summed E-state index contributed by atoms with van der Waals surface area (Å²) in [4.78, 5) is 17.7. The Morgan fingerprint density at radius 1 is 1.79 bits per heavy atom. The molecule has 0 aromatic carbocycles. The Morgan fingerprint density at radius 3 is 3.29 bits per heavy atom. The maximum absolute atomic E-state index is 11.9. The predicted molar refractivity (Wildman–Crippen MR) is 53.4 cm³/mol. The summed E-state index contributed by atoms with van der Waals surface area (Å²) in [7, 11) is 0. The van der Waals surface area contributed by atoms with Crippen LogP contribution in [0.5, 0.6) is 0 Å². The predicted octanol–water partition coefficient (Wildman–Crippen LogP) is 1.00. The highest BCUT2D eigenvalue weighted by atomic mass is 32.1. The number of aromatic nitrogens is 1. The van der Waals surface area contributed by atoms with Gasteiger partial charge in [-0.05, 0) is 6.92 Å². The molecule has 2 heterocycles. The molecule has 1 unspecified atom stereocenters. The van der Waals surface area contributed by atoms with Crippen molar-refractivity contribution in [1.82, 2.24) is 9.88 Å². The van der Waals surface area contributed by atoms with Crippen LogP contribution >= 0.6 is 11.3 Å². The van der Waals surface area contributed by atoms with Gasteiger partial charge in [0.15, 0.2) is 0 Å². The lowest BCUT2D eigenvalue weighted by atomic mass is 10.2. The number of hydrogen-bond donors (Lipinski definition) is 0. The Kier molecular flexibility index (Phi) is 2.79. The third-order valence-electron chi connectivity index (χ3n) is 2.28. The molecule has 2 rings (SSSR count). The smallest absolute Gasteiger partial charge is 0.273 e. The van der Waals surface area contributed by atoms with E-state index >= 15 is 0 Å². The SMILES string of the molecule is CC1COCCN1C(=O)c1cscn1. The van der Waals surface area contributed by atoms with Crippen molar-refractivity contribution in [2.45, 2.75) is 13.0 Å². The van der Waals surface area contributed by atoms with Crippen LogP contribution in [0.25, 0.3) is 0 Å². The summed E-state index contributed by atoms with van der Waals surface area (Å²) in [5, 5.41) is 1.78. The highest BCUT2D eigenvalue weighted by Gasteiger charge is 2.25. The van der Waals surface area contributed by atoms with E-state index in [0.29, 0.717) is 25.5 Å². The van der Waals surface area contributed by atoms with Crippen LogP contribution < -0.4 is 0 Å². The molecular formula is C9H12N2O2S. The standard InChI is InChI=1S/C9H12N2O2S/c1-7-4-13-3-2-11(7)9(12)8-5-14-6-10-8/h5-7H,2-4H2,1H3. The average Bonchev–Trinajstić information content (AvgIpc) is 2.70. The molecule has 0 aliphatic carbocycles. The van der Waals surface area contributed by atoms with E-state index in [1.54, 1.807) is 10.9 Å². The minimum atomic E-state index is 0.0158. The zero-order valence-electron chi connectivity index (χ0n) is 7.97. The van der Waals surface area contributed by atoms with Crippen molar-refractivity contribution in [2.24, 2.45) is 0 Å². The summed E-state index contributed by atoms with van der Waals surface area (Å²) in [5.74, 6) is 0.0158. The van der Waals surface area contributed by atoms with Gasteiger partial charge in [0.2, 0.25) is 0 Å². The Bertz CT molecular complexity index is 313. The Morgan fingerprint density at radius 2 is 2.64 bits per heavy atom. The second-order valence-electron chi connectivity index (χ2n) is 3.30. The molecule has 76 valence electrons. The second kappa shape index (κ2) is 4.06. The van der Waals surface area contributed by atoms with Gasteiger partial charge in [-0.1, -0.05) is 0 Å². The number of carbonyl (C=O) groups is 1. The monoisotopic (exact) mass is 212 g/mol. The van der Waals surface area contributed by atoms with Gasteiger partial charge in [0.05, 0.1) is 24.8 Å². The van der Waals surface area contributed by atoms with Gasteiger partial charge in [-0.2, -0.15) is 0 Å². The van der Waals surface area contributed by atoms with Gasteiger partial charge in [0.1, 0.15) is 5.69 Å². The lowest BCUT2D eigenvalue weighted by molar-refractivity contribution is 0.00331. The van der Waals surface area contributed by atoms with Crippen LogP contribution in [0.15, 0.2) is 10.9 Å². The molecule has 1 fully saturated rings. The van der Waals surface area contributed by atoms with E-state index in [1.165, 1.54) is 11.3 Å². The lowest BCUT2D eigenvalue weighted by Crippen LogP contribution is -2.47. The van der Waals surface area contributed by atoms with Crippen molar-refractivity contribution in [3.8, 4) is 0 Å².